The minimum absolute atomic E-state index is 0.0869. The fourth-order valence-corrected chi connectivity index (χ4v) is 3.67. The average molecular weight is 398 g/mol. The van der Waals surface area contributed by atoms with Gasteiger partial charge in [-0.2, -0.15) is 0 Å². The van der Waals surface area contributed by atoms with E-state index in [9.17, 15) is 4.79 Å². The van der Waals surface area contributed by atoms with Crippen molar-refractivity contribution < 1.29 is 4.79 Å². The van der Waals surface area contributed by atoms with Gasteiger partial charge in [-0.05, 0) is 43.0 Å². The Morgan fingerprint density at radius 1 is 1.07 bits per heavy atom. The molecule has 1 aliphatic carbocycles. The van der Waals surface area contributed by atoms with Gasteiger partial charge in [-0.3, -0.25) is 4.79 Å². The highest BCUT2D eigenvalue weighted by Gasteiger charge is 2.28. The van der Waals surface area contributed by atoms with E-state index in [0.717, 1.165) is 11.4 Å². The predicted octanol–water partition coefficient (Wildman–Crippen LogP) is 5.75. The van der Waals surface area contributed by atoms with Gasteiger partial charge in [0.2, 0.25) is 5.95 Å². The third-order valence-corrected chi connectivity index (χ3v) is 5.47. The third-order valence-electron chi connectivity index (χ3n) is 4.73. The Balaban J connectivity index is 1.62. The Bertz CT molecular complexity index is 1040. The van der Waals surface area contributed by atoms with Crippen LogP contribution in [0.25, 0.3) is 0 Å². The molecule has 4 nitrogen and oxygen atoms in total. The zero-order chi connectivity index (χ0) is 19.0. The second-order valence-corrected chi connectivity index (χ2v) is 7.56. The van der Waals surface area contributed by atoms with E-state index in [1.165, 1.54) is 11.1 Å². The van der Waals surface area contributed by atoms with Crippen LogP contribution in [0, 0.1) is 6.92 Å². The van der Waals surface area contributed by atoms with E-state index in [1.807, 2.05) is 6.07 Å². The van der Waals surface area contributed by atoms with Crippen LogP contribution in [0.2, 0.25) is 10.0 Å². The lowest BCUT2D eigenvalue weighted by Gasteiger charge is -2.23. The molecule has 0 bridgehead atoms. The molecule has 2 aromatic carbocycles. The fourth-order valence-electron chi connectivity index (χ4n) is 3.37. The molecule has 0 saturated carbocycles. The van der Waals surface area contributed by atoms with Crippen molar-refractivity contribution in [1.29, 1.82) is 0 Å². The summed E-state index contributed by atoms with van der Waals surface area (Å²) in [5.41, 5.74) is 4.48. The SMILES string of the molecule is Cc1cccc(C2CC(=O)c3cnc(Nc4ccc(Cl)c(Cl)c4)nc3C2)c1. The van der Waals surface area contributed by atoms with Crippen LogP contribution >= 0.6 is 23.2 Å². The van der Waals surface area contributed by atoms with Gasteiger partial charge in [-0.25, -0.2) is 9.97 Å². The van der Waals surface area contributed by atoms with Crippen molar-refractivity contribution in [3.05, 3.63) is 81.1 Å². The van der Waals surface area contributed by atoms with Crippen molar-refractivity contribution in [3.63, 3.8) is 0 Å². The molecule has 0 fully saturated rings. The van der Waals surface area contributed by atoms with E-state index in [1.54, 1.807) is 24.4 Å². The molecule has 4 rings (SSSR count). The van der Waals surface area contributed by atoms with Crippen LogP contribution in [0.4, 0.5) is 11.6 Å². The average Bonchev–Trinajstić information content (AvgIpc) is 2.64. The molecule has 0 radical (unpaired) electrons. The van der Waals surface area contributed by atoms with E-state index in [0.29, 0.717) is 34.4 Å². The lowest BCUT2D eigenvalue weighted by Crippen LogP contribution is -2.21. The summed E-state index contributed by atoms with van der Waals surface area (Å²) in [6, 6.07) is 13.5. The lowest BCUT2D eigenvalue weighted by molar-refractivity contribution is 0.0962. The second kappa shape index (κ2) is 7.29. The van der Waals surface area contributed by atoms with Gasteiger partial charge in [-0.1, -0.05) is 53.0 Å². The number of nitrogens with one attached hydrogen (secondary N) is 1. The number of ketones is 1. The minimum atomic E-state index is 0.0869. The van der Waals surface area contributed by atoms with Crippen LogP contribution in [0.1, 0.15) is 39.5 Å². The van der Waals surface area contributed by atoms with Crippen LogP contribution in [0.5, 0.6) is 0 Å². The number of hydrogen-bond donors (Lipinski definition) is 1. The van der Waals surface area contributed by atoms with Crippen molar-refractivity contribution in [1.82, 2.24) is 9.97 Å². The van der Waals surface area contributed by atoms with Gasteiger partial charge in [0, 0.05) is 18.3 Å². The number of fused-ring (bicyclic) bond motifs is 1. The molecular weight excluding hydrogens is 381 g/mol. The normalized spacial score (nSPS) is 16.1. The van der Waals surface area contributed by atoms with Crippen molar-refractivity contribution in [2.75, 3.05) is 5.32 Å². The molecular formula is C21H17Cl2N3O. The quantitative estimate of drug-likeness (QED) is 0.611. The molecule has 1 aromatic heterocycles. The number of halogens is 2. The number of rotatable bonds is 3. The Morgan fingerprint density at radius 3 is 2.70 bits per heavy atom. The zero-order valence-electron chi connectivity index (χ0n) is 14.7. The number of carbonyl (C=O) groups excluding carboxylic acids is 1. The summed E-state index contributed by atoms with van der Waals surface area (Å²) >= 11 is 12.0. The van der Waals surface area contributed by atoms with Crippen molar-refractivity contribution in [2.45, 2.75) is 25.7 Å². The minimum Gasteiger partial charge on any atom is -0.324 e. The van der Waals surface area contributed by atoms with Gasteiger partial charge >= 0.3 is 0 Å². The van der Waals surface area contributed by atoms with E-state index in [2.05, 4.69) is 40.4 Å². The maximum atomic E-state index is 12.6. The highest BCUT2D eigenvalue weighted by atomic mass is 35.5. The maximum Gasteiger partial charge on any atom is 0.227 e. The number of nitrogens with zero attached hydrogens (tertiary/aromatic N) is 2. The first-order valence-electron chi connectivity index (χ1n) is 8.67. The molecule has 0 saturated heterocycles. The molecule has 6 heteroatoms. The van der Waals surface area contributed by atoms with Gasteiger partial charge in [0.1, 0.15) is 0 Å². The Hall–Kier alpha value is -2.43. The first-order valence-corrected chi connectivity index (χ1v) is 9.43. The summed E-state index contributed by atoms with van der Waals surface area (Å²) < 4.78 is 0. The largest absolute Gasteiger partial charge is 0.324 e. The molecule has 1 atom stereocenters. The number of aromatic nitrogens is 2. The van der Waals surface area contributed by atoms with Crippen LogP contribution in [0.3, 0.4) is 0 Å². The van der Waals surface area contributed by atoms with Crippen molar-refractivity contribution in [3.8, 4) is 0 Å². The highest BCUT2D eigenvalue weighted by Crippen LogP contribution is 2.33. The van der Waals surface area contributed by atoms with Crippen LogP contribution < -0.4 is 5.32 Å². The summed E-state index contributed by atoms with van der Waals surface area (Å²) in [7, 11) is 0. The molecule has 1 unspecified atom stereocenters. The summed E-state index contributed by atoms with van der Waals surface area (Å²) in [5.74, 6) is 0.659. The highest BCUT2D eigenvalue weighted by molar-refractivity contribution is 6.42. The molecule has 136 valence electrons. The van der Waals surface area contributed by atoms with Gasteiger partial charge in [0.15, 0.2) is 5.78 Å². The van der Waals surface area contributed by atoms with E-state index >= 15 is 0 Å². The number of Topliss-reactive ketones (excluding diaryl/α,β-unsaturated/α-hetero) is 1. The van der Waals surface area contributed by atoms with Gasteiger partial charge in [0.25, 0.3) is 0 Å². The van der Waals surface area contributed by atoms with Crippen molar-refractivity contribution >= 4 is 40.6 Å². The number of carbonyl (C=O) groups is 1. The van der Waals surface area contributed by atoms with E-state index in [-0.39, 0.29) is 11.7 Å². The monoisotopic (exact) mass is 397 g/mol. The second-order valence-electron chi connectivity index (χ2n) is 6.75. The third kappa shape index (κ3) is 3.82. The fraction of sp³-hybridized carbons (Fsp3) is 0.190. The molecule has 0 spiro atoms. The first-order chi connectivity index (χ1) is 13.0. The molecule has 0 amide bonds. The molecule has 27 heavy (non-hydrogen) atoms. The number of anilines is 2. The van der Waals surface area contributed by atoms with Crippen LogP contribution in [-0.4, -0.2) is 15.8 Å². The molecule has 1 aliphatic rings. The molecule has 1 heterocycles. The summed E-state index contributed by atoms with van der Waals surface area (Å²) in [6.45, 7) is 2.06. The van der Waals surface area contributed by atoms with Crippen LogP contribution in [0.15, 0.2) is 48.7 Å². The topological polar surface area (TPSA) is 54.9 Å². The first kappa shape index (κ1) is 18.0. The summed E-state index contributed by atoms with van der Waals surface area (Å²) in [4.78, 5) is 21.4. The lowest BCUT2D eigenvalue weighted by atomic mass is 9.82. The van der Waals surface area contributed by atoms with E-state index in [4.69, 9.17) is 23.2 Å². The maximum absolute atomic E-state index is 12.6. The Labute approximate surface area is 167 Å². The van der Waals surface area contributed by atoms with Gasteiger partial charge in [-0.15, -0.1) is 0 Å². The zero-order valence-corrected chi connectivity index (χ0v) is 16.2. The summed E-state index contributed by atoms with van der Waals surface area (Å²) in [5, 5.41) is 4.06. The predicted molar refractivity (Wildman–Crippen MR) is 108 cm³/mol. The molecule has 3 aromatic rings. The summed E-state index contributed by atoms with van der Waals surface area (Å²) in [6.07, 6.45) is 2.81. The van der Waals surface area contributed by atoms with Gasteiger partial charge < -0.3 is 5.32 Å². The number of aryl methyl sites for hydroxylation is 1. The molecule has 0 aliphatic heterocycles. The smallest absolute Gasteiger partial charge is 0.227 e. The van der Waals surface area contributed by atoms with Crippen molar-refractivity contribution in [2.24, 2.45) is 0 Å². The standard InChI is InChI=1S/C21H17Cl2N3O/c1-12-3-2-4-13(7-12)14-8-19-16(20(27)9-14)11-24-21(26-19)25-15-5-6-17(22)18(23)10-15/h2-7,10-11,14H,8-9H2,1H3,(H,24,25,26). The van der Waals surface area contributed by atoms with E-state index < -0.39 is 0 Å². The number of benzene rings is 2. The van der Waals surface area contributed by atoms with Crippen LogP contribution in [-0.2, 0) is 6.42 Å². The Morgan fingerprint density at radius 2 is 1.93 bits per heavy atom. The number of hydrogen-bond acceptors (Lipinski definition) is 4. The Kier molecular flexibility index (Phi) is 4.85. The van der Waals surface area contributed by atoms with Gasteiger partial charge in [0.05, 0.1) is 21.3 Å². The molecule has 1 N–H and O–H groups in total.